The van der Waals surface area contributed by atoms with Crippen molar-refractivity contribution >= 4 is 37.5 Å². The van der Waals surface area contributed by atoms with Gasteiger partial charge in [-0.3, -0.25) is 0 Å². The smallest absolute Gasteiger partial charge is 0.172 e. The number of hydrogen-bond donors (Lipinski definition) is 0. The number of rotatable bonds is 3. The minimum Gasteiger partial charge on any atom is -0.214 e. The van der Waals surface area contributed by atoms with E-state index in [-0.39, 0.29) is 7.92 Å². The normalized spacial score (nSPS) is 9.52. The van der Waals surface area contributed by atoms with Gasteiger partial charge >= 0.3 is 41.8 Å². The Morgan fingerprint density at radius 3 is 1.81 bits per heavy atom. The van der Waals surface area contributed by atoms with E-state index in [9.17, 15) is 0 Å². The zero-order valence-electron chi connectivity index (χ0n) is 12.5. The molecule has 0 atom stereocenters. The van der Waals surface area contributed by atoms with Gasteiger partial charge in [0, 0.05) is 0 Å². The van der Waals surface area contributed by atoms with E-state index in [4.69, 9.17) is 29.5 Å². The molecular weight excluding hydrogens is 380 g/mol. The first kappa shape index (κ1) is 21.3. The molecule has 0 amide bonds. The SMILES string of the molecule is C[C-](CP(C)C)c1ccccc1.[Cl][V]([Cl])[Cl].c1cc[cH-]c1. The molecule has 0 aliphatic carbocycles. The van der Waals surface area contributed by atoms with Crippen LogP contribution in [-0.2, 0) is 12.3 Å². The molecule has 0 fully saturated rings. The van der Waals surface area contributed by atoms with Crippen LogP contribution in [0.25, 0.3) is 0 Å². The van der Waals surface area contributed by atoms with E-state index in [1.807, 2.05) is 30.3 Å². The summed E-state index contributed by atoms with van der Waals surface area (Å²) in [6, 6.07) is 20.7. The van der Waals surface area contributed by atoms with Gasteiger partial charge < -0.3 is 0 Å². The first-order chi connectivity index (χ1) is 9.93. The second-order valence-electron chi connectivity index (χ2n) is 4.54. The molecule has 0 saturated heterocycles. The third-order valence-electron chi connectivity index (χ3n) is 2.38. The molecule has 0 unspecified atom stereocenters. The number of hydrogen-bond acceptors (Lipinski definition) is 0. The molecule has 0 aliphatic rings. The van der Waals surface area contributed by atoms with Crippen molar-refractivity contribution in [1.82, 2.24) is 0 Å². The fourth-order valence-electron chi connectivity index (χ4n) is 1.61. The van der Waals surface area contributed by atoms with E-state index in [1.165, 1.54) is 17.6 Å². The molecule has 0 heterocycles. The van der Waals surface area contributed by atoms with Gasteiger partial charge in [0.2, 0.25) is 0 Å². The summed E-state index contributed by atoms with van der Waals surface area (Å²) < 4.78 is 0. The third-order valence-corrected chi connectivity index (χ3v) is 3.48. The molecule has 0 N–H and O–H groups in total. The monoisotopic (exact) mass is 400 g/mol. The first-order valence-corrected chi connectivity index (χ1v) is 14.6. The third kappa shape index (κ3) is 15.0. The van der Waals surface area contributed by atoms with Crippen molar-refractivity contribution in [2.24, 2.45) is 0 Å². The number of halogens is 3. The maximum Gasteiger partial charge on any atom is -0.172 e. The molecule has 0 radical (unpaired) electrons. The zero-order chi connectivity index (χ0) is 16.1. The average Bonchev–Trinajstić information content (AvgIpc) is 2.97. The predicted octanol–water partition coefficient (Wildman–Crippen LogP) is 6.84. The van der Waals surface area contributed by atoms with Gasteiger partial charge in [-0.15, -0.1) is 20.1 Å². The largest absolute Gasteiger partial charge is 0.214 e. The van der Waals surface area contributed by atoms with Gasteiger partial charge in [0.15, 0.2) is 0 Å². The fraction of sp³-hybridized carbons (Fsp3) is 0.250. The zero-order valence-corrected chi connectivity index (χ0v) is 17.1. The van der Waals surface area contributed by atoms with E-state index >= 15 is 0 Å². The number of benzene rings is 1. The van der Waals surface area contributed by atoms with Crippen LogP contribution in [0.2, 0.25) is 0 Å². The molecule has 0 bridgehead atoms. The molecule has 2 aromatic rings. The summed E-state index contributed by atoms with van der Waals surface area (Å²) in [6.45, 7) is 6.88. The minimum atomic E-state index is -1.77. The van der Waals surface area contributed by atoms with Crippen molar-refractivity contribution in [1.29, 1.82) is 0 Å². The minimum absolute atomic E-state index is 0.199. The van der Waals surface area contributed by atoms with Crippen molar-refractivity contribution in [3.05, 3.63) is 72.1 Å². The van der Waals surface area contributed by atoms with E-state index in [0.717, 1.165) is 0 Å². The van der Waals surface area contributed by atoms with Crippen LogP contribution < -0.4 is 0 Å². The van der Waals surface area contributed by atoms with Crippen LogP contribution in [0, 0.1) is 5.92 Å². The summed E-state index contributed by atoms with van der Waals surface area (Å²) >= 11 is -1.77. The molecule has 0 aromatic heterocycles. The molecule has 2 rings (SSSR count). The Labute approximate surface area is 147 Å². The Kier molecular flexibility index (Phi) is 14.2. The summed E-state index contributed by atoms with van der Waals surface area (Å²) in [5.74, 6) is 1.52. The van der Waals surface area contributed by atoms with Gasteiger partial charge in [-0.1, -0.05) is 19.2 Å². The molecule has 0 aliphatic heterocycles. The Bertz CT molecular complexity index is 398. The summed E-state index contributed by atoms with van der Waals surface area (Å²) in [4.78, 5) is 0. The Morgan fingerprint density at radius 2 is 1.48 bits per heavy atom. The van der Waals surface area contributed by atoms with Crippen LogP contribution in [0.5, 0.6) is 0 Å². The van der Waals surface area contributed by atoms with Gasteiger partial charge in [-0.2, -0.15) is 41.8 Å². The van der Waals surface area contributed by atoms with Crippen LogP contribution in [0.4, 0.5) is 0 Å². The van der Waals surface area contributed by atoms with Crippen molar-refractivity contribution in [3.8, 4) is 0 Å². The molecule has 2 aromatic carbocycles. The summed E-state index contributed by atoms with van der Waals surface area (Å²) in [5, 5.41) is 0. The molecule has 118 valence electrons. The molecule has 0 saturated carbocycles. The average molecular weight is 402 g/mol. The summed E-state index contributed by atoms with van der Waals surface area (Å²) in [7, 11) is 15.1. The van der Waals surface area contributed by atoms with Crippen LogP contribution >= 0.6 is 37.5 Å². The first-order valence-electron chi connectivity index (χ1n) is 6.40. The topological polar surface area (TPSA) is 0 Å². The van der Waals surface area contributed by atoms with Crippen molar-refractivity contribution in [2.75, 3.05) is 19.5 Å². The van der Waals surface area contributed by atoms with Gasteiger partial charge in [0.05, 0.1) is 0 Å². The standard InChI is InChI=1S/C11H16P.C5H5.3ClH.V/c1-10(9-12(2)3)11-7-5-4-6-8-11;1-2-4-5-3-1;;;;/h4-8H,9H2,1-3H3;1-5H;3*1H;/q2*-1;;;;+3/p-3. The van der Waals surface area contributed by atoms with Crippen LogP contribution in [0.15, 0.2) is 60.7 Å². The molecule has 21 heavy (non-hydrogen) atoms. The maximum absolute atomic E-state index is 4.95. The molecule has 5 heteroatoms. The second kappa shape index (κ2) is 14.0. The van der Waals surface area contributed by atoms with E-state index in [0.29, 0.717) is 0 Å². The summed E-state index contributed by atoms with van der Waals surface area (Å²) in [6.07, 6.45) is 1.26. The Hall–Kier alpha value is 0.324. The quantitative estimate of drug-likeness (QED) is 0.390. The predicted molar refractivity (Wildman–Crippen MR) is 97.7 cm³/mol. The fourth-order valence-corrected chi connectivity index (χ4v) is 2.74. The summed E-state index contributed by atoms with van der Waals surface area (Å²) in [5.41, 5.74) is 1.40. The maximum atomic E-state index is 4.95. The van der Waals surface area contributed by atoms with Crippen LogP contribution in [0.1, 0.15) is 12.5 Å². The Balaban J connectivity index is 0.000000364. The van der Waals surface area contributed by atoms with Gasteiger partial charge in [0.25, 0.3) is 0 Å². The van der Waals surface area contributed by atoms with E-state index in [2.05, 4.69) is 50.6 Å². The van der Waals surface area contributed by atoms with Gasteiger partial charge in [-0.25, -0.2) is 12.1 Å². The van der Waals surface area contributed by atoms with Crippen molar-refractivity contribution in [2.45, 2.75) is 6.92 Å². The van der Waals surface area contributed by atoms with Gasteiger partial charge in [0.1, 0.15) is 0 Å². The molecule has 0 spiro atoms. The Morgan fingerprint density at radius 1 is 1.00 bits per heavy atom. The van der Waals surface area contributed by atoms with Gasteiger partial charge in [-0.05, 0) is 13.3 Å². The second-order valence-corrected chi connectivity index (χ2v) is 13.9. The molecular formula is C16H21Cl3PV-2. The van der Waals surface area contributed by atoms with Crippen LogP contribution in [-0.4, -0.2) is 19.5 Å². The molecule has 0 nitrogen and oxygen atoms in total. The van der Waals surface area contributed by atoms with Crippen LogP contribution in [0.3, 0.4) is 0 Å². The van der Waals surface area contributed by atoms with Crippen molar-refractivity contribution in [3.63, 3.8) is 0 Å². The van der Waals surface area contributed by atoms with Crippen molar-refractivity contribution < 1.29 is 12.3 Å². The van der Waals surface area contributed by atoms with E-state index < -0.39 is 12.3 Å². The van der Waals surface area contributed by atoms with E-state index in [1.54, 1.807) is 0 Å².